The van der Waals surface area contributed by atoms with Crippen molar-refractivity contribution in [3.8, 4) is 5.75 Å². The number of hydrogen-bond acceptors (Lipinski definition) is 4. The smallest absolute Gasteiger partial charge is 0.186 e. The summed E-state index contributed by atoms with van der Waals surface area (Å²) in [5, 5.41) is 9.28. The van der Waals surface area contributed by atoms with Crippen LogP contribution < -0.4 is 4.74 Å². The first-order valence-electron chi connectivity index (χ1n) is 8.61. The van der Waals surface area contributed by atoms with Crippen LogP contribution in [0.3, 0.4) is 0 Å². The minimum Gasteiger partial charge on any atom is -0.497 e. The van der Waals surface area contributed by atoms with Crippen molar-refractivity contribution in [2.45, 2.75) is 45.4 Å². The molecule has 132 valence electrons. The van der Waals surface area contributed by atoms with Gasteiger partial charge in [0.05, 0.1) is 13.7 Å². The number of nitrogens with zero attached hydrogens (tertiary/aromatic N) is 1. The van der Waals surface area contributed by atoms with E-state index in [9.17, 15) is 5.11 Å². The molecule has 0 unspecified atom stereocenters. The van der Waals surface area contributed by atoms with Crippen LogP contribution in [0.25, 0.3) is 0 Å². The van der Waals surface area contributed by atoms with Crippen molar-refractivity contribution in [2.75, 3.05) is 33.4 Å². The fourth-order valence-electron chi connectivity index (χ4n) is 2.53. The van der Waals surface area contributed by atoms with Gasteiger partial charge in [-0.05, 0) is 36.8 Å². The lowest BCUT2D eigenvalue weighted by molar-refractivity contribution is 0.160. The summed E-state index contributed by atoms with van der Waals surface area (Å²) in [6.45, 7) is 10.1. The van der Waals surface area contributed by atoms with Crippen molar-refractivity contribution < 1.29 is 14.3 Å². The number of aliphatic hydroxyl groups excluding tert-OH is 1. The van der Waals surface area contributed by atoms with Gasteiger partial charge in [0.1, 0.15) is 5.75 Å². The zero-order valence-corrected chi connectivity index (χ0v) is 16.2. The summed E-state index contributed by atoms with van der Waals surface area (Å²) in [7, 11) is 0.151. The Morgan fingerprint density at radius 1 is 1.13 bits per heavy atom. The summed E-state index contributed by atoms with van der Waals surface area (Å²) < 4.78 is 11.4. The maximum Gasteiger partial charge on any atom is 0.186 e. The second-order valence-electron chi connectivity index (χ2n) is 6.56. The molecule has 1 aromatic carbocycles. The van der Waals surface area contributed by atoms with Gasteiger partial charge in [-0.15, -0.1) is 0 Å². The van der Waals surface area contributed by atoms with E-state index in [1.165, 1.54) is 24.4 Å². The third kappa shape index (κ3) is 8.51. The van der Waals surface area contributed by atoms with Gasteiger partial charge < -0.3 is 14.3 Å². The molecule has 0 aromatic heterocycles. The molecule has 0 spiro atoms. The summed E-state index contributed by atoms with van der Waals surface area (Å²) in [6.07, 6.45) is 2.49. The molecule has 0 heterocycles. The highest BCUT2D eigenvalue weighted by atomic mass is 28.4. The molecule has 0 fully saturated rings. The highest BCUT2D eigenvalue weighted by Gasteiger charge is 2.21. The normalized spacial score (nSPS) is 11.9. The van der Waals surface area contributed by atoms with Crippen molar-refractivity contribution in [1.29, 1.82) is 0 Å². The Labute approximate surface area is 142 Å². The van der Waals surface area contributed by atoms with E-state index in [-0.39, 0.29) is 6.61 Å². The summed E-state index contributed by atoms with van der Waals surface area (Å²) in [6, 6.07) is 9.32. The van der Waals surface area contributed by atoms with Gasteiger partial charge in [0, 0.05) is 26.2 Å². The molecule has 4 nitrogen and oxygen atoms in total. The molecule has 0 aliphatic rings. The Kier molecular flexibility index (Phi) is 9.48. The summed E-state index contributed by atoms with van der Waals surface area (Å²) in [5.41, 5.74) is 1.22. The monoisotopic (exact) mass is 339 g/mol. The second-order valence-corrected chi connectivity index (χ2v) is 10.9. The maximum atomic E-state index is 9.28. The van der Waals surface area contributed by atoms with E-state index in [1.807, 2.05) is 12.1 Å². The Morgan fingerprint density at radius 3 is 2.39 bits per heavy atom. The molecule has 5 heteroatoms. The lowest BCUT2D eigenvalue weighted by Gasteiger charge is -2.26. The average Bonchev–Trinajstić information content (AvgIpc) is 2.54. The Balaban J connectivity index is 2.44. The predicted molar refractivity (Wildman–Crippen MR) is 98.5 cm³/mol. The number of benzene rings is 1. The average molecular weight is 340 g/mol. The molecule has 1 N–H and O–H groups in total. The largest absolute Gasteiger partial charge is 0.497 e. The van der Waals surface area contributed by atoms with Crippen molar-refractivity contribution in [3.63, 3.8) is 0 Å². The van der Waals surface area contributed by atoms with E-state index in [0.29, 0.717) is 6.54 Å². The van der Waals surface area contributed by atoms with Gasteiger partial charge >= 0.3 is 0 Å². The van der Waals surface area contributed by atoms with Crippen molar-refractivity contribution in [3.05, 3.63) is 29.8 Å². The lowest BCUT2D eigenvalue weighted by atomic mass is 10.2. The third-order valence-electron chi connectivity index (χ3n) is 4.01. The topological polar surface area (TPSA) is 41.9 Å². The Morgan fingerprint density at radius 2 is 1.83 bits per heavy atom. The van der Waals surface area contributed by atoms with Crippen LogP contribution in [0, 0.1) is 0 Å². The van der Waals surface area contributed by atoms with E-state index in [4.69, 9.17) is 9.16 Å². The molecular formula is C18H33NO3Si. The minimum atomic E-state index is -1.52. The lowest BCUT2D eigenvalue weighted by Crippen LogP contribution is -2.36. The summed E-state index contributed by atoms with van der Waals surface area (Å²) in [4.78, 5) is 2.24. The first kappa shape index (κ1) is 20.2. The molecule has 0 saturated carbocycles. The van der Waals surface area contributed by atoms with E-state index in [2.05, 4.69) is 37.1 Å². The third-order valence-corrected chi connectivity index (χ3v) is 6.56. The fraction of sp³-hybridized carbons (Fsp3) is 0.667. The van der Waals surface area contributed by atoms with Crippen molar-refractivity contribution in [2.24, 2.45) is 0 Å². The van der Waals surface area contributed by atoms with Gasteiger partial charge in [-0.3, -0.25) is 4.90 Å². The van der Waals surface area contributed by atoms with Crippen LogP contribution in [0.15, 0.2) is 24.3 Å². The standard InChI is InChI=1S/C18H33NO3Si/c1-5-6-15-23(3,4)22-14-12-19(11-13-20)16-17-7-9-18(21-2)10-8-17/h7-10,20H,5-6,11-16H2,1-4H3. The Hall–Kier alpha value is -0.883. The summed E-state index contributed by atoms with van der Waals surface area (Å²) in [5.74, 6) is 0.870. The minimum absolute atomic E-state index is 0.173. The number of rotatable bonds is 12. The van der Waals surface area contributed by atoms with Crippen LogP contribution in [0.2, 0.25) is 19.1 Å². The first-order chi connectivity index (χ1) is 11.0. The van der Waals surface area contributed by atoms with Crippen LogP contribution in [0.1, 0.15) is 25.3 Å². The molecule has 1 rings (SSSR count). The van der Waals surface area contributed by atoms with E-state index < -0.39 is 8.32 Å². The van der Waals surface area contributed by atoms with Gasteiger partial charge in [-0.25, -0.2) is 0 Å². The molecule has 0 saturated heterocycles. The number of unbranched alkanes of at least 4 members (excludes halogenated alkanes) is 1. The van der Waals surface area contributed by atoms with Crippen LogP contribution >= 0.6 is 0 Å². The molecule has 0 atom stereocenters. The molecular weight excluding hydrogens is 306 g/mol. The molecule has 0 aliphatic heterocycles. The number of hydrogen-bond donors (Lipinski definition) is 1. The quantitative estimate of drug-likeness (QED) is 0.592. The van der Waals surface area contributed by atoms with Gasteiger partial charge in [0.15, 0.2) is 8.32 Å². The van der Waals surface area contributed by atoms with Gasteiger partial charge in [-0.1, -0.05) is 31.9 Å². The van der Waals surface area contributed by atoms with Crippen molar-refractivity contribution >= 4 is 8.32 Å². The second kappa shape index (κ2) is 10.8. The zero-order chi connectivity index (χ0) is 17.1. The van der Waals surface area contributed by atoms with E-state index in [1.54, 1.807) is 7.11 Å². The highest BCUT2D eigenvalue weighted by molar-refractivity contribution is 6.71. The number of ether oxygens (including phenoxy) is 1. The molecule has 0 aliphatic carbocycles. The summed E-state index contributed by atoms with van der Waals surface area (Å²) >= 11 is 0. The van der Waals surface area contributed by atoms with E-state index in [0.717, 1.165) is 25.4 Å². The predicted octanol–water partition coefficient (Wildman–Crippen LogP) is 3.51. The van der Waals surface area contributed by atoms with Crippen LogP contribution in [-0.2, 0) is 11.0 Å². The fourth-order valence-corrected chi connectivity index (χ4v) is 4.52. The van der Waals surface area contributed by atoms with Crippen molar-refractivity contribution in [1.82, 2.24) is 4.90 Å². The molecule has 0 amide bonds. The van der Waals surface area contributed by atoms with E-state index >= 15 is 0 Å². The maximum absolute atomic E-state index is 9.28. The molecule has 0 bridgehead atoms. The SMILES string of the molecule is CCCC[Si](C)(C)OCCN(CCO)Cc1ccc(OC)cc1. The first-order valence-corrected chi connectivity index (χ1v) is 11.7. The van der Waals surface area contributed by atoms with Gasteiger partial charge in [-0.2, -0.15) is 0 Å². The zero-order valence-electron chi connectivity index (χ0n) is 15.2. The van der Waals surface area contributed by atoms with Crippen LogP contribution in [0.5, 0.6) is 5.75 Å². The van der Waals surface area contributed by atoms with Crippen LogP contribution in [-0.4, -0.2) is 51.7 Å². The van der Waals surface area contributed by atoms with Gasteiger partial charge in [0.25, 0.3) is 0 Å². The molecule has 1 aromatic rings. The van der Waals surface area contributed by atoms with Crippen LogP contribution in [0.4, 0.5) is 0 Å². The Bertz CT molecular complexity index is 423. The highest BCUT2D eigenvalue weighted by Crippen LogP contribution is 2.16. The number of methoxy groups -OCH3 is 1. The number of aliphatic hydroxyl groups is 1. The molecule has 23 heavy (non-hydrogen) atoms. The molecule has 0 radical (unpaired) electrons. The van der Waals surface area contributed by atoms with Gasteiger partial charge in [0.2, 0.25) is 0 Å².